The lowest BCUT2D eigenvalue weighted by molar-refractivity contribution is -0.126. The molecule has 0 radical (unpaired) electrons. The number of amides is 1. The number of hydrogen-bond acceptors (Lipinski definition) is 5. The minimum atomic E-state index is 0.0826. The molecule has 0 saturated carbocycles. The van der Waals surface area contributed by atoms with Gasteiger partial charge in [0.1, 0.15) is 5.76 Å². The minimum absolute atomic E-state index is 0.0826. The van der Waals surface area contributed by atoms with Crippen molar-refractivity contribution in [3.63, 3.8) is 0 Å². The van der Waals surface area contributed by atoms with E-state index in [2.05, 4.69) is 20.4 Å². The summed E-state index contributed by atoms with van der Waals surface area (Å²) in [5.41, 5.74) is 1.73. The maximum Gasteiger partial charge on any atom is 0.223 e. The number of H-pyrrole nitrogens is 1. The Morgan fingerprint density at radius 3 is 3.04 bits per heavy atom. The number of likely N-dealkylation sites (tertiary alicyclic amines) is 1. The van der Waals surface area contributed by atoms with Crippen LogP contribution in [0.2, 0.25) is 0 Å². The van der Waals surface area contributed by atoms with Gasteiger partial charge in [-0.1, -0.05) is 0 Å². The molecular weight excluding hydrogens is 308 g/mol. The van der Waals surface area contributed by atoms with Crippen molar-refractivity contribution in [2.75, 3.05) is 20.2 Å². The second-order valence-electron chi connectivity index (χ2n) is 6.17. The van der Waals surface area contributed by atoms with Crippen molar-refractivity contribution in [2.24, 2.45) is 5.92 Å². The quantitative estimate of drug-likeness (QED) is 0.806. The van der Waals surface area contributed by atoms with Crippen LogP contribution < -0.4 is 5.32 Å². The number of nitrogens with one attached hydrogen (secondary N) is 2. The molecule has 0 aromatic carbocycles. The van der Waals surface area contributed by atoms with E-state index in [4.69, 9.17) is 9.15 Å². The lowest BCUT2D eigenvalue weighted by Crippen LogP contribution is -2.40. The van der Waals surface area contributed by atoms with Gasteiger partial charge in [-0.05, 0) is 44.1 Å². The van der Waals surface area contributed by atoms with Crippen molar-refractivity contribution in [1.29, 1.82) is 0 Å². The third kappa shape index (κ3) is 4.46. The summed E-state index contributed by atoms with van der Waals surface area (Å²) in [7, 11) is 1.63. The van der Waals surface area contributed by atoms with Gasteiger partial charge in [0, 0.05) is 13.0 Å². The van der Waals surface area contributed by atoms with E-state index in [1.165, 1.54) is 0 Å². The summed E-state index contributed by atoms with van der Waals surface area (Å²) < 4.78 is 10.4. The number of ether oxygens (including phenoxy) is 1. The molecule has 0 aliphatic carbocycles. The van der Waals surface area contributed by atoms with Crippen LogP contribution in [0.5, 0.6) is 0 Å². The molecular formula is C17H24N4O3. The molecule has 2 N–H and O–H groups in total. The fourth-order valence-electron chi connectivity index (χ4n) is 3.02. The van der Waals surface area contributed by atoms with Crippen molar-refractivity contribution in [2.45, 2.75) is 32.5 Å². The van der Waals surface area contributed by atoms with Gasteiger partial charge in [-0.25, -0.2) is 0 Å². The first-order chi connectivity index (χ1) is 11.7. The average molecular weight is 332 g/mol. The molecule has 7 nitrogen and oxygen atoms in total. The summed E-state index contributed by atoms with van der Waals surface area (Å²) in [4.78, 5) is 14.6. The summed E-state index contributed by atoms with van der Waals surface area (Å²) in [6.07, 6.45) is 3.46. The number of nitrogens with zero attached hydrogens (tertiary/aromatic N) is 2. The number of furan rings is 1. The third-order valence-electron chi connectivity index (χ3n) is 4.35. The Balaban J connectivity index is 1.40. The van der Waals surface area contributed by atoms with Gasteiger partial charge in [0.2, 0.25) is 5.91 Å². The summed E-state index contributed by atoms with van der Waals surface area (Å²) >= 11 is 0. The minimum Gasteiger partial charge on any atom is -0.468 e. The first kappa shape index (κ1) is 16.7. The molecule has 0 bridgehead atoms. The van der Waals surface area contributed by atoms with Gasteiger partial charge >= 0.3 is 0 Å². The maximum absolute atomic E-state index is 12.3. The van der Waals surface area contributed by atoms with Crippen LogP contribution in [0.4, 0.5) is 0 Å². The maximum atomic E-state index is 12.3. The Bertz CT molecular complexity index is 630. The van der Waals surface area contributed by atoms with Crippen molar-refractivity contribution < 1.29 is 13.9 Å². The summed E-state index contributed by atoms with van der Waals surface area (Å²) in [5.74, 6) is 1.18. The van der Waals surface area contributed by atoms with Crippen LogP contribution in [0.15, 0.2) is 28.9 Å². The van der Waals surface area contributed by atoms with E-state index in [9.17, 15) is 4.79 Å². The molecule has 1 saturated heterocycles. The molecule has 0 unspecified atom stereocenters. The van der Waals surface area contributed by atoms with E-state index < -0.39 is 0 Å². The number of piperidine rings is 1. The van der Waals surface area contributed by atoms with Crippen LogP contribution in [0.3, 0.4) is 0 Å². The predicted molar refractivity (Wildman–Crippen MR) is 87.9 cm³/mol. The monoisotopic (exact) mass is 332 g/mol. The number of carbonyl (C=O) groups is 1. The zero-order chi connectivity index (χ0) is 16.8. The number of aromatic amines is 1. The largest absolute Gasteiger partial charge is 0.468 e. The summed E-state index contributed by atoms with van der Waals surface area (Å²) in [5, 5.41) is 10.0. The lowest BCUT2D eigenvalue weighted by atomic mass is 9.96. The Morgan fingerprint density at radius 2 is 2.33 bits per heavy atom. The molecule has 130 valence electrons. The Morgan fingerprint density at radius 1 is 1.50 bits per heavy atom. The lowest BCUT2D eigenvalue weighted by Gasteiger charge is -2.30. The van der Waals surface area contributed by atoms with Crippen LogP contribution >= 0.6 is 0 Å². The average Bonchev–Trinajstić information content (AvgIpc) is 3.26. The molecule has 24 heavy (non-hydrogen) atoms. The third-order valence-corrected chi connectivity index (χ3v) is 4.35. The van der Waals surface area contributed by atoms with Crippen LogP contribution in [0.1, 0.15) is 30.0 Å². The first-order valence-electron chi connectivity index (χ1n) is 8.29. The van der Waals surface area contributed by atoms with Gasteiger partial charge in [-0.15, -0.1) is 0 Å². The zero-order valence-corrected chi connectivity index (χ0v) is 14.0. The zero-order valence-electron chi connectivity index (χ0n) is 14.0. The van der Waals surface area contributed by atoms with E-state index in [0.29, 0.717) is 13.2 Å². The van der Waals surface area contributed by atoms with Gasteiger partial charge in [0.15, 0.2) is 0 Å². The van der Waals surface area contributed by atoms with Crippen molar-refractivity contribution in [1.82, 2.24) is 20.4 Å². The molecule has 1 aliphatic rings. The fourth-order valence-corrected chi connectivity index (χ4v) is 3.02. The van der Waals surface area contributed by atoms with Gasteiger partial charge in [0.05, 0.1) is 37.3 Å². The van der Waals surface area contributed by atoms with Gasteiger partial charge in [0.25, 0.3) is 0 Å². The highest BCUT2D eigenvalue weighted by molar-refractivity contribution is 5.78. The number of carbonyl (C=O) groups excluding carboxylic acids is 1. The predicted octanol–water partition coefficient (Wildman–Crippen LogP) is 1.68. The second kappa shape index (κ2) is 8.12. The van der Waals surface area contributed by atoms with Crippen LogP contribution in [0, 0.1) is 5.92 Å². The molecule has 1 aliphatic heterocycles. The van der Waals surface area contributed by atoms with Crippen LogP contribution in [-0.4, -0.2) is 41.2 Å². The number of hydrogen-bond donors (Lipinski definition) is 2. The topological polar surface area (TPSA) is 83.4 Å². The van der Waals surface area contributed by atoms with Crippen molar-refractivity contribution in [3.05, 3.63) is 41.6 Å². The van der Waals surface area contributed by atoms with Gasteiger partial charge in [-0.3, -0.25) is 14.8 Å². The van der Waals surface area contributed by atoms with Gasteiger partial charge < -0.3 is 14.5 Å². The molecule has 0 atom stereocenters. The van der Waals surface area contributed by atoms with Crippen molar-refractivity contribution >= 4 is 5.91 Å². The Hall–Kier alpha value is -2.12. The van der Waals surface area contributed by atoms with Crippen LogP contribution in [-0.2, 0) is 29.2 Å². The Kier molecular flexibility index (Phi) is 5.66. The normalized spacial score (nSPS) is 16.4. The Labute approximate surface area is 141 Å². The SMILES string of the molecule is COCc1cc(CNC(=O)C2CCN(Cc3ccco3)CC2)[nH]n1. The smallest absolute Gasteiger partial charge is 0.223 e. The standard InChI is InChI=1S/C17H24N4O3/c1-23-12-15-9-14(19-20-15)10-18-17(22)13-4-6-21(7-5-13)11-16-3-2-8-24-16/h2-3,8-9,13H,4-7,10-12H2,1H3,(H,18,22)(H,19,20). The van der Waals surface area contributed by atoms with Crippen LogP contribution in [0.25, 0.3) is 0 Å². The molecule has 1 amide bonds. The number of rotatable bonds is 7. The molecule has 2 aromatic rings. The summed E-state index contributed by atoms with van der Waals surface area (Å²) in [6, 6.07) is 5.81. The van der Waals surface area contributed by atoms with E-state index in [-0.39, 0.29) is 11.8 Å². The highest BCUT2D eigenvalue weighted by atomic mass is 16.5. The van der Waals surface area contributed by atoms with Crippen molar-refractivity contribution in [3.8, 4) is 0 Å². The molecule has 7 heteroatoms. The van der Waals surface area contributed by atoms with Gasteiger partial charge in [-0.2, -0.15) is 5.10 Å². The second-order valence-corrected chi connectivity index (χ2v) is 6.17. The first-order valence-corrected chi connectivity index (χ1v) is 8.29. The molecule has 1 fully saturated rings. The molecule has 2 aromatic heterocycles. The summed E-state index contributed by atoms with van der Waals surface area (Å²) in [6.45, 7) is 3.60. The number of methoxy groups -OCH3 is 1. The fraction of sp³-hybridized carbons (Fsp3) is 0.529. The van der Waals surface area contributed by atoms with E-state index in [0.717, 1.165) is 49.6 Å². The number of aromatic nitrogens is 2. The van der Waals surface area contributed by atoms with E-state index >= 15 is 0 Å². The highest BCUT2D eigenvalue weighted by Gasteiger charge is 2.25. The van der Waals surface area contributed by atoms with E-state index in [1.54, 1.807) is 13.4 Å². The molecule has 3 rings (SSSR count). The highest BCUT2D eigenvalue weighted by Crippen LogP contribution is 2.19. The van der Waals surface area contributed by atoms with E-state index in [1.807, 2.05) is 18.2 Å². The molecule has 0 spiro atoms. The molecule has 3 heterocycles.